The molecule has 0 unspecified atom stereocenters. The van der Waals surface area contributed by atoms with Crippen LogP contribution >= 0.6 is 0 Å². The number of rotatable bonds is 5. The highest BCUT2D eigenvalue weighted by Crippen LogP contribution is 2.30. The minimum atomic E-state index is -4.59. The number of anilines is 3. The molecule has 0 aliphatic carbocycles. The summed E-state index contributed by atoms with van der Waals surface area (Å²) in [6.07, 6.45) is 1.85. The predicted molar refractivity (Wildman–Crippen MR) is 123 cm³/mol. The summed E-state index contributed by atoms with van der Waals surface area (Å²) in [4.78, 5) is 33.5. The van der Waals surface area contributed by atoms with E-state index in [9.17, 15) is 22.8 Å². The van der Waals surface area contributed by atoms with Gasteiger partial charge in [0.2, 0.25) is 5.91 Å². The lowest BCUT2D eigenvalue weighted by atomic mass is 10.1. The maximum Gasteiger partial charge on any atom is 0.417 e. The van der Waals surface area contributed by atoms with Gasteiger partial charge in [-0.1, -0.05) is 12.1 Å². The van der Waals surface area contributed by atoms with Crippen LogP contribution in [-0.2, 0) is 17.5 Å². The number of H-pyrrole nitrogens is 1. The lowest BCUT2D eigenvalue weighted by Crippen LogP contribution is -2.27. The maximum absolute atomic E-state index is 13.2. The van der Waals surface area contributed by atoms with E-state index in [0.29, 0.717) is 34.0 Å². The average molecular weight is 479 g/mol. The summed E-state index contributed by atoms with van der Waals surface area (Å²) in [6, 6.07) is 9.55. The van der Waals surface area contributed by atoms with E-state index in [0.717, 1.165) is 17.6 Å². The zero-order chi connectivity index (χ0) is 24.6. The van der Waals surface area contributed by atoms with Gasteiger partial charge in [-0.25, -0.2) is 4.98 Å². The molecule has 5 aromatic rings. The van der Waals surface area contributed by atoms with E-state index in [-0.39, 0.29) is 5.69 Å². The molecule has 0 bridgehead atoms. The third-order valence-electron chi connectivity index (χ3n) is 5.24. The molecule has 0 saturated heterocycles. The van der Waals surface area contributed by atoms with Crippen LogP contribution in [-0.4, -0.2) is 30.6 Å². The minimum absolute atomic E-state index is 0.122. The number of nitrogens with zero attached hydrogens (tertiary/aromatic N) is 4. The summed E-state index contributed by atoms with van der Waals surface area (Å²) in [5.74, 6) is -0.673. The van der Waals surface area contributed by atoms with Crippen molar-refractivity contribution in [3.05, 3.63) is 83.3 Å². The number of carbonyl (C=O) groups excluding carboxylic acids is 1. The van der Waals surface area contributed by atoms with Crippen LogP contribution in [0.2, 0.25) is 0 Å². The van der Waals surface area contributed by atoms with Gasteiger partial charge in [-0.2, -0.15) is 18.3 Å². The van der Waals surface area contributed by atoms with Crippen LogP contribution in [0.5, 0.6) is 0 Å². The van der Waals surface area contributed by atoms with Gasteiger partial charge >= 0.3 is 6.18 Å². The smallest absolute Gasteiger partial charge is 0.354 e. The van der Waals surface area contributed by atoms with Gasteiger partial charge in [0.1, 0.15) is 6.54 Å². The van der Waals surface area contributed by atoms with Crippen LogP contribution in [0.3, 0.4) is 0 Å². The van der Waals surface area contributed by atoms with E-state index in [1.54, 1.807) is 36.7 Å². The van der Waals surface area contributed by atoms with Crippen LogP contribution in [0.15, 0.2) is 72.2 Å². The molecule has 12 heteroatoms. The molecule has 0 spiro atoms. The number of fused-ring (bicyclic) bond motifs is 2. The highest BCUT2D eigenvalue weighted by Gasteiger charge is 2.31. The molecule has 4 heterocycles. The standard InChI is InChI=1S/C23H16F3N7O2/c24-23(25,26)15-7-17(10-27-9-15)31-19(34)12-33-5-4-13-2-1-3-18(20(13)22(33)35)30-16-6-14-8-29-32-21(14)28-11-16/h1-11,30H,12H2,(H,31,34)(H,28,29,32). The molecule has 9 nitrogen and oxygen atoms in total. The summed E-state index contributed by atoms with van der Waals surface area (Å²) >= 11 is 0. The highest BCUT2D eigenvalue weighted by molar-refractivity contribution is 5.96. The molecule has 0 saturated carbocycles. The summed E-state index contributed by atoms with van der Waals surface area (Å²) < 4.78 is 39.9. The quantitative estimate of drug-likeness (QED) is 0.350. The fraction of sp³-hybridized carbons (Fsp3) is 0.0870. The van der Waals surface area contributed by atoms with Crippen LogP contribution in [0.1, 0.15) is 5.56 Å². The van der Waals surface area contributed by atoms with Crippen molar-refractivity contribution in [3.63, 3.8) is 0 Å². The third kappa shape index (κ3) is 4.53. The van der Waals surface area contributed by atoms with E-state index >= 15 is 0 Å². The maximum atomic E-state index is 13.2. The van der Waals surface area contributed by atoms with Gasteiger partial charge in [0.05, 0.1) is 46.6 Å². The first-order valence-electron chi connectivity index (χ1n) is 10.3. The van der Waals surface area contributed by atoms with E-state index < -0.39 is 29.8 Å². The monoisotopic (exact) mass is 479 g/mol. The number of pyridine rings is 3. The van der Waals surface area contributed by atoms with Crippen molar-refractivity contribution in [2.75, 3.05) is 10.6 Å². The normalized spacial score (nSPS) is 11.6. The van der Waals surface area contributed by atoms with E-state index in [1.807, 2.05) is 6.07 Å². The van der Waals surface area contributed by atoms with Gasteiger partial charge in [-0.3, -0.25) is 19.7 Å². The van der Waals surface area contributed by atoms with Crippen molar-refractivity contribution in [1.29, 1.82) is 0 Å². The van der Waals surface area contributed by atoms with E-state index in [2.05, 4.69) is 30.8 Å². The largest absolute Gasteiger partial charge is 0.417 e. The Balaban J connectivity index is 1.42. The Labute approximate surface area is 194 Å². The predicted octanol–water partition coefficient (Wildman–Crippen LogP) is 4.07. The first-order chi connectivity index (χ1) is 16.8. The Morgan fingerprint density at radius 3 is 2.71 bits per heavy atom. The zero-order valence-electron chi connectivity index (χ0n) is 17.8. The zero-order valence-corrected chi connectivity index (χ0v) is 17.8. The number of carbonyl (C=O) groups is 1. The molecule has 35 heavy (non-hydrogen) atoms. The molecule has 176 valence electrons. The van der Waals surface area contributed by atoms with Crippen molar-refractivity contribution in [1.82, 2.24) is 24.7 Å². The van der Waals surface area contributed by atoms with Gasteiger partial charge in [0, 0.05) is 17.8 Å². The molecular weight excluding hydrogens is 463 g/mol. The SMILES string of the molecule is O=C(Cn1ccc2cccc(Nc3cnc4[nH]ncc4c3)c2c1=O)Nc1cncc(C(F)(F)F)c1. The lowest BCUT2D eigenvalue weighted by molar-refractivity contribution is -0.137. The molecule has 0 aliphatic heterocycles. The van der Waals surface area contributed by atoms with Gasteiger partial charge in [-0.05, 0) is 29.7 Å². The number of hydrogen-bond acceptors (Lipinski definition) is 6. The topological polar surface area (TPSA) is 118 Å². The summed E-state index contributed by atoms with van der Waals surface area (Å²) in [5, 5.41) is 14.0. The molecule has 5 rings (SSSR count). The van der Waals surface area contributed by atoms with Crippen LogP contribution in [0.25, 0.3) is 21.8 Å². The Morgan fingerprint density at radius 1 is 1.03 bits per heavy atom. The van der Waals surface area contributed by atoms with Crippen LogP contribution in [0.4, 0.5) is 30.2 Å². The molecule has 0 atom stereocenters. The second kappa shape index (κ2) is 8.56. The van der Waals surface area contributed by atoms with Crippen molar-refractivity contribution in [2.45, 2.75) is 12.7 Å². The number of benzene rings is 1. The summed E-state index contributed by atoms with van der Waals surface area (Å²) in [5.41, 5.74) is 0.211. The van der Waals surface area contributed by atoms with Crippen molar-refractivity contribution in [2.24, 2.45) is 0 Å². The molecule has 0 fully saturated rings. The van der Waals surface area contributed by atoms with Crippen molar-refractivity contribution in [3.8, 4) is 0 Å². The van der Waals surface area contributed by atoms with Gasteiger partial charge in [0.15, 0.2) is 5.65 Å². The van der Waals surface area contributed by atoms with Gasteiger partial charge in [-0.15, -0.1) is 0 Å². The molecule has 4 aromatic heterocycles. The Bertz CT molecular complexity index is 1630. The molecule has 3 N–H and O–H groups in total. The van der Waals surface area contributed by atoms with Crippen molar-refractivity contribution >= 4 is 44.8 Å². The minimum Gasteiger partial charge on any atom is -0.354 e. The third-order valence-corrected chi connectivity index (χ3v) is 5.24. The Kier molecular flexibility index (Phi) is 5.40. The fourth-order valence-electron chi connectivity index (χ4n) is 3.64. The van der Waals surface area contributed by atoms with Gasteiger partial charge in [0.25, 0.3) is 5.56 Å². The number of amides is 1. The second-order valence-electron chi connectivity index (χ2n) is 7.68. The molecule has 1 amide bonds. The number of alkyl halides is 3. The number of aromatic amines is 1. The van der Waals surface area contributed by atoms with Crippen LogP contribution in [0, 0.1) is 0 Å². The molecular formula is C23H16F3N7O2. The number of aromatic nitrogens is 5. The van der Waals surface area contributed by atoms with Crippen molar-refractivity contribution < 1.29 is 18.0 Å². The Morgan fingerprint density at radius 2 is 1.89 bits per heavy atom. The van der Waals surface area contributed by atoms with Gasteiger partial charge < -0.3 is 15.2 Å². The summed E-state index contributed by atoms with van der Waals surface area (Å²) in [7, 11) is 0. The first kappa shape index (κ1) is 22.1. The highest BCUT2D eigenvalue weighted by atomic mass is 19.4. The Hall–Kier alpha value is -4.74. The molecule has 0 aliphatic rings. The number of nitrogens with one attached hydrogen (secondary N) is 3. The number of hydrogen-bond donors (Lipinski definition) is 3. The number of halogens is 3. The second-order valence-corrected chi connectivity index (χ2v) is 7.68. The van der Waals surface area contributed by atoms with Crippen LogP contribution < -0.4 is 16.2 Å². The molecule has 0 radical (unpaired) electrons. The van der Waals surface area contributed by atoms with E-state index in [1.165, 1.54) is 10.8 Å². The lowest BCUT2D eigenvalue weighted by Gasteiger charge is -2.13. The fourth-order valence-corrected chi connectivity index (χ4v) is 3.64. The van der Waals surface area contributed by atoms with E-state index in [4.69, 9.17) is 0 Å². The molecule has 1 aromatic carbocycles. The average Bonchev–Trinajstić information content (AvgIpc) is 3.28. The first-order valence-corrected chi connectivity index (χ1v) is 10.3. The summed E-state index contributed by atoms with van der Waals surface area (Å²) in [6.45, 7) is -0.401.